The number of fused-ring (bicyclic) bond motifs is 1. The van der Waals surface area contributed by atoms with Gasteiger partial charge in [0.05, 0.1) is 17.7 Å². The molecule has 10 heteroatoms. The van der Waals surface area contributed by atoms with Crippen LogP contribution in [0.1, 0.15) is 34.6 Å². The first-order valence-corrected chi connectivity index (χ1v) is 11.5. The van der Waals surface area contributed by atoms with Gasteiger partial charge in [-0.05, 0) is 24.3 Å². The van der Waals surface area contributed by atoms with Crippen molar-refractivity contribution in [2.45, 2.75) is 48.5 Å². The lowest BCUT2D eigenvalue weighted by Gasteiger charge is -2.47. The Morgan fingerprint density at radius 2 is 1.44 bits per heavy atom. The minimum atomic E-state index is -1.27. The zero-order chi connectivity index (χ0) is 24.4. The number of imide groups is 1. The molecule has 2 aliphatic rings. The van der Waals surface area contributed by atoms with Gasteiger partial charge in [-0.15, -0.1) is 0 Å². The van der Waals surface area contributed by atoms with E-state index in [1.807, 2.05) is 30.3 Å². The molecule has 0 aromatic heterocycles. The van der Waals surface area contributed by atoms with E-state index in [4.69, 9.17) is 14.2 Å². The Morgan fingerprint density at radius 1 is 0.912 bits per heavy atom. The number of rotatable bonds is 6. The van der Waals surface area contributed by atoms with Crippen molar-refractivity contribution in [2.24, 2.45) is 0 Å². The van der Waals surface area contributed by atoms with Crippen LogP contribution >= 0.6 is 11.8 Å². The fourth-order valence-electron chi connectivity index (χ4n) is 4.18. The number of aliphatic hydroxyl groups excluding tert-OH is 1. The molecule has 2 aromatic rings. The molecule has 4 rings (SSSR count). The number of carbonyl (C=O) groups is 4. The zero-order valence-corrected chi connectivity index (χ0v) is 19.3. The predicted octanol–water partition coefficient (Wildman–Crippen LogP) is 2.02. The Bertz CT molecular complexity index is 1070. The molecule has 0 bridgehead atoms. The SMILES string of the molecule is CC(=O)O[C@H]1[C@H](OC(C)=O)[C@@H](CO)O[C@@H](Sc2ccccc2)[C@@H]1N1C(=O)c2ccccc2C1=O. The summed E-state index contributed by atoms with van der Waals surface area (Å²) in [5.41, 5.74) is -0.505. The molecule has 1 N–H and O–H groups in total. The molecule has 0 radical (unpaired) electrons. The first kappa shape index (κ1) is 23.9. The lowest BCUT2D eigenvalue weighted by atomic mass is 9.96. The van der Waals surface area contributed by atoms with Gasteiger partial charge in [0, 0.05) is 18.7 Å². The maximum atomic E-state index is 13.4. The summed E-state index contributed by atoms with van der Waals surface area (Å²) in [6.45, 7) is 1.80. The highest BCUT2D eigenvalue weighted by Crippen LogP contribution is 2.40. The molecule has 2 aromatic carbocycles. The molecule has 1 saturated heterocycles. The highest BCUT2D eigenvalue weighted by Gasteiger charge is 2.56. The van der Waals surface area contributed by atoms with E-state index in [0.717, 1.165) is 9.80 Å². The summed E-state index contributed by atoms with van der Waals surface area (Å²) in [7, 11) is 0. The minimum Gasteiger partial charge on any atom is -0.456 e. The number of thioether (sulfide) groups is 1. The Morgan fingerprint density at radius 3 is 1.97 bits per heavy atom. The fraction of sp³-hybridized carbons (Fsp3) is 0.333. The van der Waals surface area contributed by atoms with Crippen molar-refractivity contribution in [1.82, 2.24) is 4.90 Å². The number of benzene rings is 2. The van der Waals surface area contributed by atoms with Crippen LogP contribution in [0, 0.1) is 0 Å². The van der Waals surface area contributed by atoms with Gasteiger partial charge < -0.3 is 19.3 Å². The maximum absolute atomic E-state index is 13.4. The number of esters is 2. The van der Waals surface area contributed by atoms with Crippen molar-refractivity contribution in [3.63, 3.8) is 0 Å². The van der Waals surface area contributed by atoms with Crippen molar-refractivity contribution in [3.8, 4) is 0 Å². The number of hydrogen-bond donors (Lipinski definition) is 1. The normalized spacial score (nSPS) is 26.2. The predicted molar refractivity (Wildman–Crippen MR) is 120 cm³/mol. The van der Waals surface area contributed by atoms with Gasteiger partial charge in [0.2, 0.25) is 0 Å². The van der Waals surface area contributed by atoms with Gasteiger partial charge >= 0.3 is 11.9 Å². The summed E-state index contributed by atoms with van der Waals surface area (Å²) in [4.78, 5) is 52.4. The molecule has 2 aliphatic heterocycles. The summed E-state index contributed by atoms with van der Waals surface area (Å²) >= 11 is 1.20. The summed E-state index contributed by atoms with van der Waals surface area (Å²) in [5.74, 6) is -2.55. The molecule has 178 valence electrons. The molecule has 0 spiro atoms. The first-order chi connectivity index (χ1) is 16.3. The average molecular weight is 486 g/mol. The molecular formula is C24H23NO8S. The summed E-state index contributed by atoms with van der Waals surface area (Å²) in [5, 5.41) is 9.99. The Balaban J connectivity index is 1.81. The third-order valence-electron chi connectivity index (χ3n) is 5.52. The number of nitrogens with zero attached hydrogens (tertiary/aromatic N) is 1. The molecule has 5 atom stereocenters. The smallest absolute Gasteiger partial charge is 0.303 e. The van der Waals surface area contributed by atoms with E-state index < -0.39 is 60.1 Å². The second kappa shape index (κ2) is 9.96. The second-order valence-electron chi connectivity index (χ2n) is 7.82. The molecule has 0 unspecified atom stereocenters. The number of aliphatic hydroxyl groups is 1. The Labute approximate surface area is 200 Å². The summed E-state index contributed by atoms with van der Waals surface area (Å²) in [6, 6.07) is 14.3. The van der Waals surface area contributed by atoms with Gasteiger partial charge in [0.1, 0.15) is 17.6 Å². The number of carbonyl (C=O) groups excluding carboxylic acids is 4. The van der Waals surface area contributed by atoms with E-state index in [9.17, 15) is 24.3 Å². The highest BCUT2D eigenvalue weighted by molar-refractivity contribution is 7.99. The number of hydrogen-bond acceptors (Lipinski definition) is 9. The van der Waals surface area contributed by atoms with Crippen molar-refractivity contribution < 1.29 is 38.5 Å². The Kier molecular flexibility index (Phi) is 7.01. The van der Waals surface area contributed by atoms with E-state index in [-0.39, 0.29) is 11.1 Å². The maximum Gasteiger partial charge on any atom is 0.303 e. The van der Waals surface area contributed by atoms with E-state index in [0.29, 0.717) is 0 Å². The van der Waals surface area contributed by atoms with Crippen LogP contribution in [0.3, 0.4) is 0 Å². The molecule has 0 saturated carbocycles. The lowest BCUT2D eigenvalue weighted by molar-refractivity contribution is -0.214. The zero-order valence-electron chi connectivity index (χ0n) is 18.5. The van der Waals surface area contributed by atoms with Gasteiger partial charge in [-0.2, -0.15) is 0 Å². The molecule has 2 heterocycles. The molecule has 9 nitrogen and oxygen atoms in total. The van der Waals surface area contributed by atoms with Gasteiger partial charge in [0.15, 0.2) is 12.2 Å². The molecule has 34 heavy (non-hydrogen) atoms. The first-order valence-electron chi connectivity index (χ1n) is 10.6. The van der Waals surface area contributed by atoms with Crippen LogP contribution in [0.25, 0.3) is 0 Å². The van der Waals surface area contributed by atoms with Gasteiger partial charge in [-0.25, -0.2) is 0 Å². The molecule has 2 amide bonds. The van der Waals surface area contributed by atoms with Crippen LogP contribution in [-0.2, 0) is 23.8 Å². The standard InChI is InChI=1S/C24H23NO8S/c1-13(27)31-20-18(12-26)33-24(34-15-8-4-3-5-9-15)19(21(20)32-14(2)28)25-22(29)16-10-6-7-11-17(16)23(25)30/h3-11,18-21,24,26H,12H2,1-2H3/t18-,19-,20-,21-,24+/m1/s1. The monoisotopic (exact) mass is 485 g/mol. The minimum absolute atomic E-state index is 0.214. The lowest BCUT2D eigenvalue weighted by Crippen LogP contribution is -2.66. The van der Waals surface area contributed by atoms with E-state index in [2.05, 4.69) is 0 Å². The average Bonchev–Trinajstić information content (AvgIpc) is 3.06. The van der Waals surface area contributed by atoms with Crippen LogP contribution in [0.5, 0.6) is 0 Å². The van der Waals surface area contributed by atoms with Crippen LogP contribution in [0.4, 0.5) is 0 Å². The number of ether oxygens (including phenoxy) is 3. The quantitative estimate of drug-likeness (QED) is 0.484. The van der Waals surface area contributed by atoms with Crippen molar-refractivity contribution >= 4 is 35.5 Å². The van der Waals surface area contributed by atoms with Crippen LogP contribution in [0.2, 0.25) is 0 Å². The third-order valence-corrected chi connectivity index (χ3v) is 6.68. The molecular weight excluding hydrogens is 462 g/mol. The van der Waals surface area contributed by atoms with Crippen LogP contribution in [-0.4, -0.2) is 70.2 Å². The van der Waals surface area contributed by atoms with Gasteiger partial charge in [0.25, 0.3) is 11.8 Å². The van der Waals surface area contributed by atoms with Crippen molar-refractivity contribution in [2.75, 3.05) is 6.61 Å². The molecule has 1 fully saturated rings. The Hall–Kier alpha value is -3.21. The van der Waals surface area contributed by atoms with Crippen molar-refractivity contribution in [1.29, 1.82) is 0 Å². The topological polar surface area (TPSA) is 119 Å². The van der Waals surface area contributed by atoms with E-state index >= 15 is 0 Å². The third kappa shape index (κ3) is 4.56. The van der Waals surface area contributed by atoms with E-state index in [1.165, 1.54) is 25.6 Å². The van der Waals surface area contributed by atoms with E-state index in [1.54, 1.807) is 24.3 Å². The molecule has 0 aliphatic carbocycles. The fourth-order valence-corrected chi connectivity index (χ4v) is 5.38. The van der Waals surface area contributed by atoms with Gasteiger partial charge in [-0.3, -0.25) is 24.1 Å². The number of amides is 2. The van der Waals surface area contributed by atoms with Crippen LogP contribution in [0.15, 0.2) is 59.5 Å². The van der Waals surface area contributed by atoms with Crippen molar-refractivity contribution in [3.05, 3.63) is 65.7 Å². The second-order valence-corrected chi connectivity index (χ2v) is 8.99. The highest BCUT2D eigenvalue weighted by atomic mass is 32.2. The van der Waals surface area contributed by atoms with Gasteiger partial charge in [-0.1, -0.05) is 42.1 Å². The largest absolute Gasteiger partial charge is 0.456 e. The summed E-state index contributed by atoms with van der Waals surface area (Å²) < 4.78 is 17.0. The summed E-state index contributed by atoms with van der Waals surface area (Å²) in [6.07, 6.45) is -3.56. The van der Waals surface area contributed by atoms with Crippen LogP contribution < -0.4 is 0 Å².